The number of benzene rings is 1. The van der Waals surface area contributed by atoms with Crippen molar-refractivity contribution in [3.8, 4) is 0 Å². The Hall–Kier alpha value is -1.68. The van der Waals surface area contributed by atoms with Crippen LogP contribution in [0, 0.1) is 19.7 Å². The predicted octanol–water partition coefficient (Wildman–Crippen LogP) is 2.51. The van der Waals surface area contributed by atoms with Gasteiger partial charge in [-0.15, -0.1) is 0 Å². The summed E-state index contributed by atoms with van der Waals surface area (Å²) in [5.74, 6) is -0.127. The summed E-state index contributed by atoms with van der Waals surface area (Å²) in [5, 5.41) is 7.73. The van der Waals surface area contributed by atoms with Gasteiger partial charge in [0.05, 0.1) is 5.69 Å². The van der Waals surface area contributed by atoms with E-state index >= 15 is 0 Å². The van der Waals surface area contributed by atoms with Crippen molar-refractivity contribution < 1.29 is 4.39 Å². The van der Waals surface area contributed by atoms with Gasteiger partial charge in [0.25, 0.3) is 0 Å². The lowest BCUT2D eigenvalue weighted by atomic mass is 10.1. The molecule has 1 aromatic heterocycles. The van der Waals surface area contributed by atoms with Gasteiger partial charge in [-0.2, -0.15) is 5.10 Å². The van der Waals surface area contributed by atoms with E-state index in [2.05, 4.69) is 17.3 Å². The molecule has 1 aromatic carbocycles. The fraction of sp³-hybridized carbons (Fsp3) is 0.400. The van der Waals surface area contributed by atoms with E-state index in [0.29, 0.717) is 6.42 Å². The van der Waals surface area contributed by atoms with E-state index in [0.717, 1.165) is 24.3 Å². The van der Waals surface area contributed by atoms with Crippen LogP contribution >= 0.6 is 0 Å². The zero-order valence-corrected chi connectivity index (χ0v) is 11.7. The Bertz CT molecular complexity index is 561. The molecular weight excluding hydrogens is 241 g/mol. The molecule has 0 unspecified atom stereocenters. The van der Waals surface area contributed by atoms with E-state index in [1.54, 1.807) is 6.07 Å². The van der Waals surface area contributed by atoms with Gasteiger partial charge >= 0.3 is 0 Å². The van der Waals surface area contributed by atoms with E-state index in [4.69, 9.17) is 0 Å². The summed E-state index contributed by atoms with van der Waals surface area (Å²) in [6.45, 7) is 5.61. The molecule has 0 saturated carbocycles. The van der Waals surface area contributed by atoms with E-state index < -0.39 is 0 Å². The summed E-state index contributed by atoms with van der Waals surface area (Å²) in [6, 6.07) is 6.92. The predicted molar refractivity (Wildman–Crippen MR) is 74.5 cm³/mol. The maximum absolute atomic E-state index is 13.4. The zero-order valence-electron chi connectivity index (χ0n) is 11.7. The van der Waals surface area contributed by atoms with E-state index in [1.807, 2.05) is 30.8 Å². The molecular formula is C15H20FN3. The fourth-order valence-electron chi connectivity index (χ4n) is 2.21. The van der Waals surface area contributed by atoms with Gasteiger partial charge in [0.1, 0.15) is 5.82 Å². The van der Waals surface area contributed by atoms with Crippen molar-refractivity contribution in [2.24, 2.45) is 7.05 Å². The number of rotatable bonds is 5. The lowest BCUT2D eigenvalue weighted by molar-refractivity contribution is 0.597. The van der Waals surface area contributed by atoms with Gasteiger partial charge in [-0.3, -0.25) is 4.68 Å². The molecule has 0 bridgehead atoms. The molecule has 0 aliphatic rings. The van der Waals surface area contributed by atoms with Gasteiger partial charge in [-0.1, -0.05) is 18.2 Å². The Morgan fingerprint density at radius 2 is 2.00 bits per heavy atom. The normalized spacial score (nSPS) is 10.9. The minimum atomic E-state index is -0.127. The smallest absolute Gasteiger partial charge is 0.126 e. The molecule has 0 aliphatic heterocycles. The summed E-state index contributed by atoms with van der Waals surface area (Å²) in [7, 11) is 1.95. The van der Waals surface area contributed by atoms with E-state index in [-0.39, 0.29) is 5.82 Å². The first kappa shape index (κ1) is 13.7. The van der Waals surface area contributed by atoms with Gasteiger partial charge in [-0.05, 0) is 38.4 Å². The van der Waals surface area contributed by atoms with Crippen LogP contribution < -0.4 is 5.32 Å². The third-order valence-corrected chi connectivity index (χ3v) is 3.49. The molecule has 0 radical (unpaired) electrons. The first-order chi connectivity index (χ1) is 9.09. The second-order valence-corrected chi connectivity index (χ2v) is 4.79. The number of nitrogens with zero attached hydrogens (tertiary/aromatic N) is 2. The first-order valence-electron chi connectivity index (χ1n) is 6.52. The highest BCUT2D eigenvalue weighted by Gasteiger charge is 2.08. The fourth-order valence-corrected chi connectivity index (χ4v) is 2.21. The third-order valence-electron chi connectivity index (χ3n) is 3.49. The molecule has 2 rings (SSSR count). The molecule has 4 heteroatoms. The Morgan fingerprint density at radius 3 is 2.63 bits per heavy atom. The van der Waals surface area contributed by atoms with Crippen molar-refractivity contribution in [1.29, 1.82) is 0 Å². The Balaban J connectivity index is 1.86. The number of aromatic nitrogens is 2. The first-order valence-corrected chi connectivity index (χ1v) is 6.52. The van der Waals surface area contributed by atoms with Crippen molar-refractivity contribution in [2.45, 2.75) is 26.8 Å². The maximum atomic E-state index is 13.4. The molecule has 0 saturated heterocycles. The van der Waals surface area contributed by atoms with Gasteiger partial charge in [0, 0.05) is 24.8 Å². The largest absolute Gasteiger partial charge is 0.312 e. The summed E-state index contributed by atoms with van der Waals surface area (Å²) in [5.41, 5.74) is 4.22. The number of hydrogen-bond donors (Lipinski definition) is 1. The zero-order chi connectivity index (χ0) is 13.8. The molecule has 0 atom stereocenters. The highest BCUT2D eigenvalue weighted by molar-refractivity contribution is 5.24. The van der Waals surface area contributed by atoms with Gasteiger partial charge in [-0.25, -0.2) is 4.39 Å². The summed E-state index contributed by atoms with van der Waals surface area (Å²) >= 11 is 0. The second kappa shape index (κ2) is 5.97. The maximum Gasteiger partial charge on any atom is 0.126 e. The lowest BCUT2D eigenvalue weighted by Crippen LogP contribution is -2.18. The SMILES string of the molecule is Cc1nn(C)c(C)c1CNCCc1ccccc1F. The van der Waals surface area contributed by atoms with Gasteiger partial charge in [0.2, 0.25) is 0 Å². The van der Waals surface area contributed by atoms with Crippen LogP contribution in [0.4, 0.5) is 4.39 Å². The number of hydrogen-bond acceptors (Lipinski definition) is 2. The Morgan fingerprint density at radius 1 is 1.26 bits per heavy atom. The van der Waals surface area contributed by atoms with Gasteiger partial charge in [0.15, 0.2) is 0 Å². The van der Waals surface area contributed by atoms with Crippen LogP contribution in [0.3, 0.4) is 0 Å². The Kier molecular flexibility index (Phi) is 4.32. The van der Waals surface area contributed by atoms with Crippen LogP contribution in [0.5, 0.6) is 0 Å². The van der Waals surface area contributed by atoms with Crippen LogP contribution in [-0.2, 0) is 20.0 Å². The van der Waals surface area contributed by atoms with Crippen LogP contribution in [0.2, 0.25) is 0 Å². The average molecular weight is 261 g/mol. The highest BCUT2D eigenvalue weighted by Crippen LogP contribution is 2.11. The molecule has 0 spiro atoms. The molecule has 1 N–H and O–H groups in total. The molecule has 2 aromatic rings. The lowest BCUT2D eigenvalue weighted by Gasteiger charge is -2.06. The molecule has 19 heavy (non-hydrogen) atoms. The second-order valence-electron chi connectivity index (χ2n) is 4.79. The van der Waals surface area contributed by atoms with Crippen molar-refractivity contribution in [2.75, 3.05) is 6.54 Å². The summed E-state index contributed by atoms with van der Waals surface area (Å²) < 4.78 is 15.3. The average Bonchev–Trinajstić information content (AvgIpc) is 2.62. The van der Waals surface area contributed by atoms with E-state index in [1.165, 1.54) is 17.3 Å². The van der Waals surface area contributed by atoms with Gasteiger partial charge < -0.3 is 5.32 Å². The summed E-state index contributed by atoms with van der Waals surface area (Å²) in [6.07, 6.45) is 0.699. The quantitative estimate of drug-likeness (QED) is 0.838. The van der Waals surface area contributed by atoms with Crippen molar-refractivity contribution >= 4 is 0 Å². The molecule has 3 nitrogen and oxygen atoms in total. The van der Waals surface area contributed by atoms with Crippen LogP contribution in [0.15, 0.2) is 24.3 Å². The van der Waals surface area contributed by atoms with Crippen LogP contribution in [0.25, 0.3) is 0 Å². The number of nitrogens with one attached hydrogen (secondary N) is 1. The molecule has 1 heterocycles. The number of halogens is 1. The van der Waals surface area contributed by atoms with Crippen molar-refractivity contribution in [1.82, 2.24) is 15.1 Å². The minimum Gasteiger partial charge on any atom is -0.312 e. The van der Waals surface area contributed by atoms with Crippen molar-refractivity contribution in [3.05, 3.63) is 52.6 Å². The van der Waals surface area contributed by atoms with Crippen LogP contribution in [-0.4, -0.2) is 16.3 Å². The highest BCUT2D eigenvalue weighted by atomic mass is 19.1. The van der Waals surface area contributed by atoms with Crippen molar-refractivity contribution in [3.63, 3.8) is 0 Å². The molecule has 0 fully saturated rings. The molecule has 102 valence electrons. The molecule has 0 amide bonds. The number of aryl methyl sites for hydroxylation is 2. The van der Waals surface area contributed by atoms with Crippen LogP contribution in [0.1, 0.15) is 22.5 Å². The van der Waals surface area contributed by atoms with E-state index in [9.17, 15) is 4.39 Å². The third kappa shape index (κ3) is 3.20. The minimum absolute atomic E-state index is 0.127. The standard InChI is InChI=1S/C15H20FN3/c1-11-14(12(2)19(3)18-11)10-17-9-8-13-6-4-5-7-15(13)16/h4-7,17H,8-10H2,1-3H3. The molecule has 0 aliphatic carbocycles. The summed E-state index contributed by atoms with van der Waals surface area (Å²) in [4.78, 5) is 0. The Labute approximate surface area is 113 Å². The topological polar surface area (TPSA) is 29.9 Å². The monoisotopic (exact) mass is 261 g/mol.